The average molecular weight is 277 g/mol. The highest BCUT2D eigenvalue weighted by Gasteiger charge is 2.09. The summed E-state index contributed by atoms with van der Waals surface area (Å²) in [4.78, 5) is 12.0. The summed E-state index contributed by atoms with van der Waals surface area (Å²) in [5, 5.41) is 0.0313. The van der Waals surface area contributed by atoms with E-state index in [9.17, 15) is 9.18 Å². The molecule has 0 N–H and O–H groups in total. The lowest BCUT2D eigenvalue weighted by Crippen LogP contribution is -2.04. The number of aryl methyl sites for hydroxylation is 1. The maximum atomic E-state index is 13.3. The zero-order chi connectivity index (χ0) is 13.8. The Balaban J connectivity index is 2.13. The van der Waals surface area contributed by atoms with E-state index in [0.29, 0.717) is 5.56 Å². The van der Waals surface area contributed by atoms with E-state index >= 15 is 0 Å². The molecular formula is C16H14ClFO. The van der Waals surface area contributed by atoms with E-state index in [0.717, 1.165) is 12.0 Å². The monoisotopic (exact) mass is 276 g/mol. The van der Waals surface area contributed by atoms with Crippen LogP contribution in [-0.2, 0) is 12.8 Å². The highest BCUT2D eigenvalue weighted by Crippen LogP contribution is 2.17. The van der Waals surface area contributed by atoms with Crippen molar-refractivity contribution in [2.45, 2.75) is 19.8 Å². The van der Waals surface area contributed by atoms with E-state index in [2.05, 4.69) is 6.92 Å². The fourth-order valence-corrected chi connectivity index (χ4v) is 1.97. The molecule has 98 valence electrons. The Hall–Kier alpha value is -1.67. The Morgan fingerprint density at radius 1 is 1.11 bits per heavy atom. The van der Waals surface area contributed by atoms with Gasteiger partial charge in [-0.15, -0.1) is 0 Å². The molecule has 0 aromatic heterocycles. The average Bonchev–Trinajstić information content (AvgIpc) is 2.42. The van der Waals surface area contributed by atoms with Crippen molar-refractivity contribution in [3.63, 3.8) is 0 Å². The van der Waals surface area contributed by atoms with E-state index in [1.165, 1.54) is 17.7 Å². The third-order valence-corrected chi connectivity index (χ3v) is 3.34. The molecule has 0 bridgehead atoms. The molecule has 1 nitrogen and oxygen atoms in total. The van der Waals surface area contributed by atoms with E-state index < -0.39 is 5.82 Å². The van der Waals surface area contributed by atoms with E-state index in [4.69, 9.17) is 11.6 Å². The zero-order valence-electron chi connectivity index (χ0n) is 10.6. The predicted molar refractivity (Wildman–Crippen MR) is 75.3 cm³/mol. The van der Waals surface area contributed by atoms with Gasteiger partial charge < -0.3 is 0 Å². The molecular weight excluding hydrogens is 263 g/mol. The van der Waals surface area contributed by atoms with Gasteiger partial charge in [0.25, 0.3) is 0 Å². The number of hydrogen-bond acceptors (Lipinski definition) is 1. The summed E-state index contributed by atoms with van der Waals surface area (Å²) in [6, 6.07) is 12.0. The van der Waals surface area contributed by atoms with Crippen LogP contribution in [0.15, 0.2) is 42.5 Å². The van der Waals surface area contributed by atoms with Crippen LogP contribution < -0.4 is 0 Å². The summed E-state index contributed by atoms with van der Waals surface area (Å²) >= 11 is 5.59. The lowest BCUT2D eigenvalue weighted by molar-refractivity contribution is 0.0992. The molecule has 3 heteroatoms. The van der Waals surface area contributed by atoms with Gasteiger partial charge in [0.05, 0.1) is 5.02 Å². The zero-order valence-corrected chi connectivity index (χ0v) is 11.4. The largest absolute Gasteiger partial charge is 0.294 e. The minimum absolute atomic E-state index is 0.0313. The van der Waals surface area contributed by atoms with Gasteiger partial charge in [-0.2, -0.15) is 0 Å². The van der Waals surface area contributed by atoms with Gasteiger partial charge in [-0.05, 0) is 35.7 Å². The van der Waals surface area contributed by atoms with Crippen molar-refractivity contribution in [2.24, 2.45) is 0 Å². The number of Topliss-reactive ketones (excluding diaryl/α,β-unsaturated/α-hetero) is 1. The number of ketones is 1. The second-order valence-corrected chi connectivity index (χ2v) is 4.81. The van der Waals surface area contributed by atoms with Gasteiger partial charge in [-0.3, -0.25) is 4.79 Å². The number of rotatable bonds is 4. The molecule has 0 aliphatic carbocycles. The number of benzene rings is 2. The molecule has 2 aromatic carbocycles. The lowest BCUT2D eigenvalue weighted by atomic mass is 10.0. The smallest absolute Gasteiger partial charge is 0.167 e. The molecule has 0 unspecified atom stereocenters. The first-order valence-corrected chi connectivity index (χ1v) is 6.54. The van der Waals surface area contributed by atoms with Crippen molar-refractivity contribution >= 4 is 17.4 Å². The van der Waals surface area contributed by atoms with Crippen molar-refractivity contribution in [1.29, 1.82) is 0 Å². The highest BCUT2D eigenvalue weighted by molar-refractivity contribution is 6.30. The summed E-state index contributed by atoms with van der Waals surface area (Å²) in [5.74, 6) is -0.673. The van der Waals surface area contributed by atoms with Crippen LogP contribution in [-0.4, -0.2) is 5.78 Å². The summed E-state index contributed by atoms with van der Waals surface area (Å²) in [6.07, 6.45) is 1.24. The number of carbonyl (C=O) groups excluding carboxylic acids is 1. The molecule has 0 radical (unpaired) electrons. The van der Waals surface area contributed by atoms with Crippen molar-refractivity contribution in [3.05, 3.63) is 70.0 Å². The quantitative estimate of drug-likeness (QED) is 0.753. The fourth-order valence-electron chi connectivity index (χ4n) is 1.85. The molecule has 0 heterocycles. The number of halogens is 2. The van der Waals surface area contributed by atoms with Crippen LogP contribution in [0.5, 0.6) is 0 Å². The molecule has 0 amide bonds. The van der Waals surface area contributed by atoms with Crippen LogP contribution >= 0.6 is 11.6 Å². The molecule has 0 atom stereocenters. The van der Waals surface area contributed by atoms with Gasteiger partial charge in [-0.25, -0.2) is 4.39 Å². The molecule has 19 heavy (non-hydrogen) atoms. The van der Waals surface area contributed by atoms with Gasteiger partial charge >= 0.3 is 0 Å². The highest BCUT2D eigenvalue weighted by atomic mass is 35.5. The summed E-state index contributed by atoms with van der Waals surface area (Å²) in [6.45, 7) is 2.08. The minimum atomic E-state index is -0.561. The van der Waals surface area contributed by atoms with Crippen LogP contribution in [0.1, 0.15) is 28.4 Å². The molecule has 0 saturated carbocycles. The second kappa shape index (κ2) is 5.98. The van der Waals surface area contributed by atoms with Crippen LogP contribution in [0.2, 0.25) is 5.02 Å². The van der Waals surface area contributed by atoms with Crippen LogP contribution in [0.25, 0.3) is 0 Å². The first-order valence-electron chi connectivity index (χ1n) is 6.16. The van der Waals surface area contributed by atoms with E-state index in [1.54, 1.807) is 6.07 Å². The maximum absolute atomic E-state index is 13.3. The van der Waals surface area contributed by atoms with E-state index in [1.807, 2.05) is 24.3 Å². The summed E-state index contributed by atoms with van der Waals surface area (Å²) in [5.41, 5.74) is 2.51. The Kier molecular flexibility index (Phi) is 4.33. The predicted octanol–water partition coefficient (Wildman–Crippen LogP) is 4.47. The Bertz CT molecular complexity index is 590. The van der Waals surface area contributed by atoms with Crippen molar-refractivity contribution < 1.29 is 9.18 Å². The molecule has 0 spiro atoms. The normalized spacial score (nSPS) is 10.5. The van der Waals surface area contributed by atoms with Gasteiger partial charge in [0, 0.05) is 12.0 Å². The van der Waals surface area contributed by atoms with Gasteiger partial charge in [-0.1, -0.05) is 42.8 Å². The van der Waals surface area contributed by atoms with Crippen LogP contribution in [0.3, 0.4) is 0 Å². The number of carbonyl (C=O) groups is 1. The third kappa shape index (κ3) is 3.42. The molecule has 0 fully saturated rings. The first-order chi connectivity index (χ1) is 9.10. The van der Waals surface area contributed by atoms with Crippen LogP contribution in [0.4, 0.5) is 4.39 Å². The van der Waals surface area contributed by atoms with Gasteiger partial charge in [0.1, 0.15) is 5.82 Å². The third-order valence-electron chi connectivity index (χ3n) is 3.04. The van der Waals surface area contributed by atoms with Gasteiger partial charge in [0.15, 0.2) is 5.78 Å². The number of hydrogen-bond donors (Lipinski definition) is 0. The van der Waals surface area contributed by atoms with Crippen LogP contribution in [0, 0.1) is 5.82 Å². The molecule has 2 rings (SSSR count). The van der Waals surface area contributed by atoms with Crippen molar-refractivity contribution in [3.8, 4) is 0 Å². The standard InChI is InChI=1S/C16H14ClFO/c1-2-11-3-5-12(6-4-11)9-16(19)13-7-8-14(17)15(18)10-13/h3-8,10H,2,9H2,1H3. The van der Waals surface area contributed by atoms with Crippen molar-refractivity contribution in [2.75, 3.05) is 0 Å². The Labute approximate surface area is 117 Å². The topological polar surface area (TPSA) is 17.1 Å². The fraction of sp³-hybridized carbons (Fsp3) is 0.188. The molecule has 0 saturated heterocycles. The summed E-state index contributed by atoms with van der Waals surface area (Å²) < 4.78 is 13.3. The Morgan fingerprint density at radius 3 is 2.32 bits per heavy atom. The Morgan fingerprint density at radius 2 is 1.74 bits per heavy atom. The van der Waals surface area contributed by atoms with E-state index in [-0.39, 0.29) is 17.2 Å². The maximum Gasteiger partial charge on any atom is 0.167 e. The van der Waals surface area contributed by atoms with Gasteiger partial charge in [0.2, 0.25) is 0 Å². The molecule has 0 aliphatic rings. The molecule has 0 aliphatic heterocycles. The molecule has 2 aromatic rings. The first kappa shape index (κ1) is 13.8. The lowest BCUT2D eigenvalue weighted by Gasteiger charge is -2.04. The SMILES string of the molecule is CCc1ccc(CC(=O)c2ccc(Cl)c(F)c2)cc1. The summed E-state index contributed by atoms with van der Waals surface area (Å²) in [7, 11) is 0. The minimum Gasteiger partial charge on any atom is -0.294 e. The second-order valence-electron chi connectivity index (χ2n) is 4.40. The van der Waals surface area contributed by atoms with Crippen molar-refractivity contribution in [1.82, 2.24) is 0 Å².